The lowest BCUT2D eigenvalue weighted by atomic mass is 10.0. The van der Waals surface area contributed by atoms with Crippen molar-refractivity contribution in [1.82, 2.24) is 20.1 Å². The van der Waals surface area contributed by atoms with Gasteiger partial charge in [0.2, 0.25) is 0 Å². The van der Waals surface area contributed by atoms with Crippen LogP contribution in [0.5, 0.6) is 0 Å². The number of hydrogen-bond donors (Lipinski definition) is 2. The van der Waals surface area contributed by atoms with Gasteiger partial charge in [-0.1, -0.05) is 36.4 Å². The lowest BCUT2D eigenvalue weighted by molar-refractivity contribution is 0.0940. The highest BCUT2D eigenvalue weighted by Gasteiger charge is 2.19. The van der Waals surface area contributed by atoms with Crippen molar-refractivity contribution >= 4 is 11.7 Å². The van der Waals surface area contributed by atoms with Crippen molar-refractivity contribution in [2.75, 3.05) is 11.9 Å². The number of anilines is 1. The summed E-state index contributed by atoms with van der Waals surface area (Å²) in [6.45, 7) is 1.51. The van der Waals surface area contributed by atoms with Gasteiger partial charge in [-0.2, -0.15) is 5.10 Å². The van der Waals surface area contributed by atoms with Gasteiger partial charge in [0.15, 0.2) is 0 Å². The third kappa shape index (κ3) is 4.55. The molecule has 0 saturated carbocycles. The Morgan fingerprint density at radius 1 is 1.21 bits per heavy atom. The van der Waals surface area contributed by atoms with E-state index in [9.17, 15) is 4.79 Å². The van der Waals surface area contributed by atoms with Gasteiger partial charge in [-0.15, -0.1) is 0 Å². The summed E-state index contributed by atoms with van der Waals surface area (Å²) in [7, 11) is 0. The van der Waals surface area contributed by atoms with Crippen molar-refractivity contribution in [3.63, 3.8) is 0 Å². The van der Waals surface area contributed by atoms with Crippen LogP contribution in [-0.2, 0) is 11.3 Å². The molecule has 7 heteroatoms. The molecule has 144 valence electrons. The van der Waals surface area contributed by atoms with Crippen LogP contribution in [0.3, 0.4) is 0 Å². The van der Waals surface area contributed by atoms with Crippen molar-refractivity contribution in [3.8, 4) is 0 Å². The van der Waals surface area contributed by atoms with Crippen LogP contribution in [0.1, 0.15) is 30.1 Å². The Hall–Kier alpha value is -3.19. The zero-order chi connectivity index (χ0) is 19.2. The molecular formula is C21H23N5O2. The highest BCUT2D eigenvalue weighted by molar-refractivity contribution is 5.89. The molecule has 28 heavy (non-hydrogen) atoms. The maximum atomic E-state index is 12.6. The molecule has 0 bridgehead atoms. The number of ether oxygens (including phenoxy) is 1. The predicted octanol–water partition coefficient (Wildman–Crippen LogP) is 3.37. The molecule has 3 heterocycles. The van der Waals surface area contributed by atoms with Crippen LogP contribution in [0.2, 0.25) is 0 Å². The van der Waals surface area contributed by atoms with Crippen LogP contribution >= 0.6 is 0 Å². The molecule has 2 atom stereocenters. The highest BCUT2D eigenvalue weighted by atomic mass is 16.5. The Morgan fingerprint density at radius 2 is 2.07 bits per heavy atom. The van der Waals surface area contributed by atoms with Crippen molar-refractivity contribution in [3.05, 3.63) is 78.4 Å². The van der Waals surface area contributed by atoms with Gasteiger partial charge in [-0.05, 0) is 30.5 Å². The van der Waals surface area contributed by atoms with Gasteiger partial charge in [0.1, 0.15) is 0 Å². The Bertz CT molecular complexity index is 852. The first kappa shape index (κ1) is 18.2. The van der Waals surface area contributed by atoms with E-state index in [-0.39, 0.29) is 18.2 Å². The monoisotopic (exact) mass is 377 g/mol. The fourth-order valence-corrected chi connectivity index (χ4v) is 3.34. The van der Waals surface area contributed by atoms with E-state index >= 15 is 0 Å². The van der Waals surface area contributed by atoms with Gasteiger partial charge in [-0.25, -0.2) is 4.79 Å². The van der Waals surface area contributed by atoms with Crippen molar-refractivity contribution in [1.29, 1.82) is 0 Å². The van der Waals surface area contributed by atoms with Crippen LogP contribution in [0, 0.1) is 0 Å². The predicted molar refractivity (Wildman–Crippen MR) is 106 cm³/mol. The maximum Gasteiger partial charge on any atom is 0.320 e. The summed E-state index contributed by atoms with van der Waals surface area (Å²) in [4.78, 5) is 17.0. The van der Waals surface area contributed by atoms with Crippen molar-refractivity contribution in [2.24, 2.45) is 0 Å². The average molecular weight is 377 g/mol. The Kier molecular flexibility index (Phi) is 5.63. The summed E-state index contributed by atoms with van der Waals surface area (Å²) >= 11 is 0. The number of pyridine rings is 1. The van der Waals surface area contributed by atoms with E-state index < -0.39 is 0 Å². The third-order valence-corrected chi connectivity index (χ3v) is 4.70. The number of rotatable bonds is 6. The number of urea groups is 1. The molecule has 3 aromatic rings. The molecule has 2 N–H and O–H groups in total. The van der Waals surface area contributed by atoms with Crippen molar-refractivity contribution in [2.45, 2.75) is 31.5 Å². The molecule has 2 aromatic heterocycles. The molecule has 1 fully saturated rings. The van der Waals surface area contributed by atoms with E-state index in [4.69, 9.17) is 4.74 Å². The van der Waals surface area contributed by atoms with Gasteiger partial charge in [-0.3, -0.25) is 9.67 Å². The number of hydrogen-bond acceptors (Lipinski definition) is 4. The molecule has 0 radical (unpaired) electrons. The summed E-state index contributed by atoms with van der Waals surface area (Å²) in [5.74, 6) is 0. The van der Waals surface area contributed by atoms with Gasteiger partial charge in [0, 0.05) is 19.0 Å². The summed E-state index contributed by atoms with van der Waals surface area (Å²) in [6.07, 6.45) is 7.53. The summed E-state index contributed by atoms with van der Waals surface area (Å²) < 4.78 is 7.43. The van der Waals surface area contributed by atoms with Crippen molar-refractivity contribution < 1.29 is 9.53 Å². The second kappa shape index (κ2) is 8.67. The summed E-state index contributed by atoms with van der Waals surface area (Å²) in [5.41, 5.74) is 2.38. The number of carbonyl (C=O) groups excluding carboxylic acids is 1. The van der Waals surface area contributed by atoms with Gasteiger partial charge < -0.3 is 15.4 Å². The zero-order valence-corrected chi connectivity index (χ0v) is 15.5. The topological polar surface area (TPSA) is 81.1 Å². The first-order valence-electron chi connectivity index (χ1n) is 9.45. The minimum atomic E-state index is -0.343. The molecule has 7 nitrogen and oxygen atoms in total. The molecule has 2 unspecified atom stereocenters. The van der Waals surface area contributed by atoms with Gasteiger partial charge in [0.25, 0.3) is 0 Å². The Labute approximate surface area is 163 Å². The second-order valence-electron chi connectivity index (χ2n) is 6.78. The molecular weight excluding hydrogens is 354 g/mol. The molecule has 1 aromatic carbocycles. The van der Waals surface area contributed by atoms with Crippen LogP contribution in [0.25, 0.3) is 0 Å². The fraction of sp³-hybridized carbons (Fsp3) is 0.286. The van der Waals surface area contributed by atoms with Crippen LogP contribution in [0.4, 0.5) is 10.5 Å². The van der Waals surface area contributed by atoms with E-state index in [1.165, 1.54) is 0 Å². The quantitative estimate of drug-likeness (QED) is 0.690. The molecule has 0 aliphatic carbocycles. The fourth-order valence-electron chi connectivity index (χ4n) is 3.34. The lowest BCUT2D eigenvalue weighted by Gasteiger charge is -2.19. The van der Waals surface area contributed by atoms with Gasteiger partial charge in [0.05, 0.1) is 36.3 Å². The van der Waals surface area contributed by atoms with E-state index in [2.05, 4.69) is 20.7 Å². The summed E-state index contributed by atoms with van der Waals surface area (Å²) in [5, 5.41) is 10.2. The van der Waals surface area contributed by atoms with Crippen LogP contribution in [-0.4, -0.2) is 33.5 Å². The molecule has 1 saturated heterocycles. The lowest BCUT2D eigenvalue weighted by Crippen LogP contribution is -2.33. The number of aromatic nitrogens is 3. The minimum absolute atomic E-state index is 0.202. The SMILES string of the molecule is O=C(Nc1cnn(CC2CCCO2)c1)NC(c1ccccc1)c1ccccn1. The van der Waals surface area contributed by atoms with Crippen LogP contribution < -0.4 is 10.6 Å². The largest absolute Gasteiger partial charge is 0.376 e. The highest BCUT2D eigenvalue weighted by Crippen LogP contribution is 2.20. The Balaban J connectivity index is 1.42. The maximum absolute atomic E-state index is 12.6. The first-order chi connectivity index (χ1) is 13.8. The Morgan fingerprint density at radius 3 is 2.82 bits per heavy atom. The van der Waals surface area contributed by atoms with Gasteiger partial charge >= 0.3 is 6.03 Å². The summed E-state index contributed by atoms with van der Waals surface area (Å²) in [6, 6.07) is 14.8. The average Bonchev–Trinajstić information content (AvgIpc) is 3.40. The van der Waals surface area contributed by atoms with E-state index in [1.54, 1.807) is 17.1 Å². The normalized spacial score (nSPS) is 17.2. The molecule has 4 rings (SSSR count). The molecule has 2 amide bonds. The first-order valence-corrected chi connectivity index (χ1v) is 9.45. The molecule has 0 spiro atoms. The van der Waals surface area contributed by atoms with E-state index in [0.717, 1.165) is 30.7 Å². The third-order valence-electron chi connectivity index (χ3n) is 4.70. The number of amides is 2. The number of nitrogens with one attached hydrogen (secondary N) is 2. The molecule has 1 aliphatic heterocycles. The molecule has 1 aliphatic rings. The second-order valence-corrected chi connectivity index (χ2v) is 6.78. The van der Waals surface area contributed by atoms with E-state index in [1.807, 2.05) is 54.7 Å². The van der Waals surface area contributed by atoms with E-state index in [0.29, 0.717) is 12.2 Å². The number of carbonyl (C=O) groups is 1. The standard InChI is InChI=1S/C21H23N5O2/c27-21(24-17-13-23-26(14-17)15-18-9-6-12-28-18)25-20(16-7-2-1-3-8-16)19-10-4-5-11-22-19/h1-5,7-8,10-11,13-14,18,20H,6,9,12,15H2,(H2,24,25,27). The number of benzene rings is 1. The van der Waals surface area contributed by atoms with Crippen LogP contribution in [0.15, 0.2) is 67.1 Å². The minimum Gasteiger partial charge on any atom is -0.376 e. The smallest absolute Gasteiger partial charge is 0.320 e. The number of nitrogens with zero attached hydrogens (tertiary/aromatic N) is 3. The zero-order valence-electron chi connectivity index (χ0n) is 15.5.